The van der Waals surface area contributed by atoms with E-state index in [0.717, 1.165) is 12.8 Å². The van der Waals surface area contributed by atoms with Gasteiger partial charge in [0.1, 0.15) is 0 Å². The van der Waals surface area contributed by atoms with Crippen LogP contribution < -0.4 is 0 Å². The summed E-state index contributed by atoms with van der Waals surface area (Å²) in [4.78, 5) is 11.0. The lowest BCUT2D eigenvalue weighted by Gasteiger charge is -2.26. The lowest BCUT2D eigenvalue weighted by Crippen LogP contribution is -2.26. The van der Waals surface area contributed by atoms with Gasteiger partial charge in [0, 0.05) is 0 Å². The zero-order valence-corrected chi connectivity index (χ0v) is 11.3. The second-order valence-electron chi connectivity index (χ2n) is 5.03. The summed E-state index contributed by atoms with van der Waals surface area (Å²) < 4.78 is 0. The van der Waals surface area contributed by atoms with E-state index in [-0.39, 0.29) is 5.92 Å². The van der Waals surface area contributed by atoms with Gasteiger partial charge in [-0.1, -0.05) is 59.8 Å². The summed E-state index contributed by atoms with van der Waals surface area (Å²) >= 11 is 0. The van der Waals surface area contributed by atoms with Crippen LogP contribution in [0.15, 0.2) is 0 Å². The first kappa shape index (κ1) is 15.5. The number of carbonyl (C=O) groups is 1. The maximum atomic E-state index is 11.0. The minimum Gasteiger partial charge on any atom is -0.481 e. The topological polar surface area (TPSA) is 37.3 Å². The number of aliphatic carboxylic acids is 1. The summed E-state index contributed by atoms with van der Waals surface area (Å²) in [7, 11) is 0. The van der Waals surface area contributed by atoms with Crippen molar-refractivity contribution in [2.75, 3.05) is 0 Å². The molecule has 0 aromatic rings. The number of hydrogen-bond acceptors (Lipinski definition) is 1. The van der Waals surface area contributed by atoms with Crippen LogP contribution in [0.4, 0.5) is 0 Å². The van der Waals surface area contributed by atoms with Gasteiger partial charge < -0.3 is 5.11 Å². The number of rotatable bonds is 9. The van der Waals surface area contributed by atoms with Crippen LogP contribution in [-0.4, -0.2) is 11.1 Å². The molecular formula is C14H28O2. The third-order valence-electron chi connectivity index (χ3n) is 3.80. The molecule has 0 radical (unpaired) electrons. The molecular weight excluding hydrogens is 200 g/mol. The fourth-order valence-corrected chi connectivity index (χ4v) is 2.32. The minimum atomic E-state index is -0.638. The molecule has 2 heteroatoms. The van der Waals surface area contributed by atoms with Gasteiger partial charge in [-0.05, 0) is 18.3 Å². The fraction of sp³-hybridized carbons (Fsp3) is 0.929. The molecule has 0 rings (SSSR count). The van der Waals surface area contributed by atoms with Gasteiger partial charge in [0.2, 0.25) is 0 Å². The Kier molecular flexibility index (Phi) is 8.32. The molecule has 0 bridgehead atoms. The van der Waals surface area contributed by atoms with Crippen LogP contribution >= 0.6 is 0 Å². The summed E-state index contributed by atoms with van der Waals surface area (Å²) in [6.07, 6.45) is 7.09. The quantitative estimate of drug-likeness (QED) is 0.596. The van der Waals surface area contributed by atoms with Crippen LogP contribution in [0.1, 0.15) is 66.2 Å². The van der Waals surface area contributed by atoms with Gasteiger partial charge in [-0.15, -0.1) is 0 Å². The Bertz CT molecular complexity index is 189. The number of carboxylic acid groups (broad SMARTS) is 1. The highest BCUT2D eigenvalue weighted by molar-refractivity contribution is 5.69. The molecule has 0 saturated carbocycles. The molecule has 0 aliphatic rings. The Hall–Kier alpha value is -0.530. The van der Waals surface area contributed by atoms with Crippen molar-refractivity contribution in [3.05, 3.63) is 0 Å². The fourth-order valence-electron chi connectivity index (χ4n) is 2.32. The molecule has 0 aliphatic carbocycles. The van der Waals surface area contributed by atoms with E-state index in [4.69, 9.17) is 5.11 Å². The zero-order chi connectivity index (χ0) is 12.6. The molecule has 1 N–H and O–H groups in total. The molecule has 16 heavy (non-hydrogen) atoms. The molecule has 0 fully saturated rings. The van der Waals surface area contributed by atoms with Crippen LogP contribution in [0.5, 0.6) is 0 Å². The second-order valence-corrected chi connectivity index (χ2v) is 5.03. The van der Waals surface area contributed by atoms with Crippen LogP contribution in [0.3, 0.4) is 0 Å². The molecule has 0 heterocycles. The highest BCUT2D eigenvalue weighted by atomic mass is 16.4. The highest BCUT2D eigenvalue weighted by Crippen LogP contribution is 2.29. The zero-order valence-electron chi connectivity index (χ0n) is 11.3. The van der Waals surface area contributed by atoms with Crippen LogP contribution in [0.2, 0.25) is 0 Å². The van der Waals surface area contributed by atoms with Crippen LogP contribution in [0, 0.1) is 17.8 Å². The van der Waals surface area contributed by atoms with Crippen molar-refractivity contribution in [2.24, 2.45) is 17.8 Å². The lowest BCUT2D eigenvalue weighted by atomic mass is 9.78. The molecule has 0 aromatic carbocycles. The molecule has 3 unspecified atom stereocenters. The van der Waals surface area contributed by atoms with Gasteiger partial charge in [-0.3, -0.25) is 4.79 Å². The van der Waals surface area contributed by atoms with E-state index in [1.54, 1.807) is 0 Å². The summed E-state index contributed by atoms with van der Waals surface area (Å²) in [5, 5.41) is 9.10. The van der Waals surface area contributed by atoms with E-state index < -0.39 is 5.97 Å². The van der Waals surface area contributed by atoms with Gasteiger partial charge >= 0.3 is 5.97 Å². The van der Waals surface area contributed by atoms with E-state index in [2.05, 4.69) is 20.8 Å². The van der Waals surface area contributed by atoms with Crippen molar-refractivity contribution in [3.8, 4) is 0 Å². The first-order valence-electron chi connectivity index (χ1n) is 6.77. The van der Waals surface area contributed by atoms with Crippen LogP contribution in [-0.2, 0) is 4.79 Å². The Morgan fingerprint density at radius 3 is 2.19 bits per heavy atom. The molecule has 2 nitrogen and oxygen atoms in total. The number of unbranched alkanes of at least 4 members (excludes halogenated alkanes) is 3. The normalized spacial score (nSPS) is 16.8. The lowest BCUT2D eigenvalue weighted by molar-refractivity contribution is -0.143. The Morgan fingerprint density at radius 1 is 1.12 bits per heavy atom. The summed E-state index contributed by atoms with van der Waals surface area (Å²) in [6, 6.07) is 0. The molecule has 0 amide bonds. The number of hydrogen-bond donors (Lipinski definition) is 1. The average molecular weight is 228 g/mol. The SMILES string of the molecule is CCCCCCC(C(C)CC)C(C)C(=O)O. The summed E-state index contributed by atoms with van der Waals surface area (Å²) in [5.74, 6) is 0.0319. The summed E-state index contributed by atoms with van der Waals surface area (Å²) in [5.41, 5.74) is 0. The highest BCUT2D eigenvalue weighted by Gasteiger charge is 2.26. The van der Waals surface area contributed by atoms with E-state index in [1.807, 2.05) is 6.92 Å². The van der Waals surface area contributed by atoms with Crippen molar-refractivity contribution in [3.63, 3.8) is 0 Å². The van der Waals surface area contributed by atoms with Gasteiger partial charge in [-0.25, -0.2) is 0 Å². The molecule has 0 spiro atoms. The van der Waals surface area contributed by atoms with Gasteiger partial charge in [0.25, 0.3) is 0 Å². The standard InChI is InChI=1S/C14H28O2/c1-5-7-8-9-10-13(11(3)6-2)12(4)14(15)16/h11-13H,5-10H2,1-4H3,(H,15,16). The van der Waals surface area contributed by atoms with Gasteiger partial charge in [0.05, 0.1) is 5.92 Å². The molecule has 96 valence electrons. The molecule has 0 aromatic heterocycles. The Morgan fingerprint density at radius 2 is 1.75 bits per heavy atom. The first-order valence-corrected chi connectivity index (χ1v) is 6.77. The van der Waals surface area contributed by atoms with Crippen molar-refractivity contribution >= 4 is 5.97 Å². The largest absolute Gasteiger partial charge is 0.481 e. The minimum absolute atomic E-state index is 0.198. The van der Waals surface area contributed by atoms with E-state index in [0.29, 0.717) is 11.8 Å². The summed E-state index contributed by atoms with van der Waals surface area (Å²) in [6.45, 7) is 8.40. The van der Waals surface area contributed by atoms with Crippen LogP contribution in [0.25, 0.3) is 0 Å². The van der Waals surface area contributed by atoms with Gasteiger partial charge in [0.15, 0.2) is 0 Å². The van der Waals surface area contributed by atoms with E-state index in [1.165, 1.54) is 25.7 Å². The maximum Gasteiger partial charge on any atom is 0.306 e. The van der Waals surface area contributed by atoms with Crippen molar-refractivity contribution in [2.45, 2.75) is 66.2 Å². The third kappa shape index (κ3) is 5.53. The van der Waals surface area contributed by atoms with E-state index >= 15 is 0 Å². The monoisotopic (exact) mass is 228 g/mol. The molecule has 3 atom stereocenters. The van der Waals surface area contributed by atoms with Crippen molar-refractivity contribution < 1.29 is 9.90 Å². The van der Waals surface area contributed by atoms with Gasteiger partial charge in [-0.2, -0.15) is 0 Å². The molecule has 0 aliphatic heterocycles. The average Bonchev–Trinajstić information content (AvgIpc) is 2.27. The van der Waals surface area contributed by atoms with Crippen molar-refractivity contribution in [1.82, 2.24) is 0 Å². The Balaban J connectivity index is 4.16. The smallest absolute Gasteiger partial charge is 0.306 e. The third-order valence-corrected chi connectivity index (χ3v) is 3.80. The Labute approximate surface area is 100 Å². The predicted molar refractivity (Wildman–Crippen MR) is 68.5 cm³/mol. The second kappa shape index (κ2) is 8.60. The van der Waals surface area contributed by atoms with E-state index in [9.17, 15) is 4.79 Å². The predicted octanol–water partition coefficient (Wildman–Crippen LogP) is 4.34. The maximum absolute atomic E-state index is 11.0. The first-order chi connectivity index (χ1) is 7.54. The number of carboxylic acids is 1. The molecule has 0 saturated heterocycles. The van der Waals surface area contributed by atoms with Crippen molar-refractivity contribution in [1.29, 1.82) is 0 Å².